The van der Waals surface area contributed by atoms with E-state index in [0.717, 1.165) is 24.2 Å². The summed E-state index contributed by atoms with van der Waals surface area (Å²) in [6.45, 7) is 1.59. The van der Waals surface area contributed by atoms with Crippen LogP contribution in [0.1, 0.15) is 0 Å². The number of hydrogen-bond acceptors (Lipinski definition) is 8. The summed E-state index contributed by atoms with van der Waals surface area (Å²) >= 11 is 0. The van der Waals surface area contributed by atoms with Crippen molar-refractivity contribution in [2.75, 3.05) is 36.9 Å². The molecule has 4 heterocycles. The number of pyridine rings is 1. The van der Waals surface area contributed by atoms with Crippen molar-refractivity contribution in [3.8, 4) is 11.6 Å². The highest BCUT2D eigenvalue weighted by Gasteiger charge is 2.27. The highest BCUT2D eigenvalue weighted by molar-refractivity contribution is 7.92. The van der Waals surface area contributed by atoms with E-state index < -0.39 is 10.0 Å². The molecular formula is C21H23N7O4S. The third-order valence-electron chi connectivity index (χ3n) is 5.70. The second-order valence-corrected chi connectivity index (χ2v) is 9.39. The third kappa shape index (κ3) is 3.76. The lowest BCUT2D eigenvalue weighted by molar-refractivity contribution is 0.0787. The van der Waals surface area contributed by atoms with Crippen LogP contribution in [0, 0.1) is 0 Å². The Kier molecular flexibility index (Phi) is 5.17. The lowest BCUT2D eigenvalue weighted by atomic mass is 10.1. The Morgan fingerprint density at radius 2 is 1.94 bits per heavy atom. The van der Waals surface area contributed by atoms with Crippen LogP contribution in [0.5, 0.6) is 5.75 Å². The van der Waals surface area contributed by atoms with E-state index in [1.807, 2.05) is 18.2 Å². The Morgan fingerprint density at radius 1 is 1.12 bits per heavy atom. The molecule has 5 rings (SSSR count). The fourth-order valence-electron chi connectivity index (χ4n) is 3.81. The molecule has 1 aliphatic heterocycles. The summed E-state index contributed by atoms with van der Waals surface area (Å²) in [5.41, 5.74) is 1.90. The zero-order valence-corrected chi connectivity index (χ0v) is 19.2. The average molecular weight is 470 g/mol. The predicted molar refractivity (Wildman–Crippen MR) is 122 cm³/mol. The summed E-state index contributed by atoms with van der Waals surface area (Å²) in [6.07, 6.45) is 6.27. The van der Waals surface area contributed by atoms with E-state index in [2.05, 4.69) is 24.8 Å². The highest BCUT2D eigenvalue weighted by atomic mass is 32.2. The van der Waals surface area contributed by atoms with Crippen molar-refractivity contribution >= 4 is 32.3 Å². The standard InChI is InChI=1S/C21H23N7O4S/c1-26-21-14(9-23-26)4-5-18(32-3)20(21)25-33(29,30)17-10-24-28(13-17)19-8-15(6-7-22-19)27-11-16(12-27)31-2/h4-10,13,16,25H,11-12H2,1-3H3. The highest BCUT2D eigenvalue weighted by Crippen LogP contribution is 2.34. The van der Waals surface area contributed by atoms with Crippen LogP contribution >= 0.6 is 0 Å². The first-order valence-electron chi connectivity index (χ1n) is 10.2. The van der Waals surface area contributed by atoms with Gasteiger partial charge in [0.15, 0.2) is 5.82 Å². The number of fused-ring (bicyclic) bond motifs is 1. The van der Waals surface area contributed by atoms with Crippen LogP contribution in [-0.4, -0.2) is 66.4 Å². The number of hydrogen-bond donors (Lipinski definition) is 1. The van der Waals surface area contributed by atoms with Gasteiger partial charge in [0.1, 0.15) is 16.3 Å². The van der Waals surface area contributed by atoms with Gasteiger partial charge in [-0.3, -0.25) is 9.40 Å². The Hall–Kier alpha value is -3.64. The lowest BCUT2D eigenvalue weighted by Gasteiger charge is -2.39. The molecule has 4 aromatic rings. The van der Waals surface area contributed by atoms with E-state index in [1.165, 1.54) is 24.2 Å². The van der Waals surface area contributed by atoms with Crippen LogP contribution < -0.4 is 14.4 Å². The molecule has 0 spiro atoms. The molecule has 1 aliphatic rings. The molecule has 0 radical (unpaired) electrons. The van der Waals surface area contributed by atoms with Gasteiger partial charge in [0.2, 0.25) is 0 Å². The van der Waals surface area contributed by atoms with E-state index in [0.29, 0.717) is 22.8 Å². The molecule has 33 heavy (non-hydrogen) atoms. The summed E-state index contributed by atoms with van der Waals surface area (Å²) < 4.78 is 42.8. The molecule has 0 bridgehead atoms. The molecule has 3 aromatic heterocycles. The largest absolute Gasteiger partial charge is 0.494 e. The van der Waals surface area contributed by atoms with Gasteiger partial charge in [0.05, 0.1) is 37.3 Å². The molecule has 0 aliphatic carbocycles. The van der Waals surface area contributed by atoms with Gasteiger partial charge in [-0.15, -0.1) is 0 Å². The molecule has 1 saturated heterocycles. The zero-order valence-electron chi connectivity index (χ0n) is 18.3. The molecule has 172 valence electrons. The first-order chi connectivity index (χ1) is 15.9. The van der Waals surface area contributed by atoms with Gasteiger partial charge in [-0.1, -0.05) is 0 Å². The van der Waals surface area contributed by atoms with Crippen LogP contribution in [0.3, 0.4) is 0 Å². The van der Waals surface area contributed by atoms with Gasteiger partial charge in [0.25, 0.3) is 10.0 Å². The smallest absolute Gasteiger partial charge is 0.265 e. The van der Waals surface area contributed by atoms with Gasteiger partial charge in [-0.2, -0.15) is 10.2 Å². The second kappa shape index (κ2) is 8.05. The lowest BCUT2D eigenvalue weighted by Crippen LogP contribution is -2.51. The molecule has 1 fully saturated rings. The quantitative estimate of drug-likeness (QED) is 0.436. The van der Waals surface area contributed by atoms with E-state index in [1.54, 1.807) is 37.3 Å². The SMILES string of the molecule is COc1ccc2cnn(C)c2c1NS(=O)(=O)c1cnn(-c2cc(N3CC(OC)C3)ccn2)c1. The zero-order chi connectivity index (χ0) is 23.2. The number of aromatic nitrogens is 5. The van der Waals surface area contributed by atoms with E-state index in [4.69, 9.17) is 9.47 Å². The van der Waals surface area contributed by atoms with Gasteiger partial charge in [0, 0.05) is 50.6 Å². The van der Waals surface area contributed by atoms with Gasteiger partial charge in [-0.05, 0) is 18.2 Å². The van der Waals surface area contributed by atoms with Crippen molar-refractivity contribution in [3.05, 3.63) is 49.1 Å². The Labute approximate surface area is 190 Å². The maximum absolute atomic E-state index is 13.2. The van der Waals surface area contributed by atoms with Crippen LogP contribution in [-0.2, 0) is 21.8 Å². The van der Waals surface area contributed by atoms with Crippen LogP contribution in [0.2, 0.25) is 0 Å². The summed E-state index contributed by atoms with van der Waals surface area (Å²) in [4.78, 5) is 6.49. The summed E-state index contributed by atoms with van der Waals surface area (Å²) in [5.74, 6) is 0.904. The topological polar surface area (TPSA) is 116 Å². The Bertz CT molecular complexity index is 1420. The van der Waals surface area contributed by atoms with Crippen molar-refractivity contribution in [1.82, 2.24) is 24.5 Å². The third-order valence-corrected chi connectivity index (χ3v) is 7.00. The molecule has 0 unspecified atom stereocenters. The number of nitrogens with one attached hydrogen (secondary N) is 1. The normalized spacial score (nSPS) is 14.5. The Morgan fingerprint density at radius 3 is 2.70 bits per heavy atom. The number of sulfonamides is 1. The Balaban J connectivity index is 1.44. The van der Waals surface area contributed by atoms with Gasteiger partial charge >= 0.3 is 0 Å². The number of aryl methyl sites for hydroxylation is 1. The number of nitrogens with zero attached hydrogens (tertiary/aromatic N) is 6. The maximum Gasteiger partial charge on any atom is 0.265 e. The maximum atomic E-state index is 13.2. The number of benzene rings is 1. The number of anilines is 2. The van der Waals surface area contributed by atoms with Crippen LogP contribution in [0.15, 0.2) is 53.9 Å². The fourth-order valence-corrected chi connectivity index (χ4v) is 4.82. The molecule has 12 heteroatoms. The number of rotatable bonds is 7. The molecule has 0 atom stereocenters. The van der Waals surface area contributed by atoms with Crippen molar-refractivity contribution in [1.29, 1.82) is 0 Å². The summed E-state index contributed by atoms with van der Waals surface area (Å²) in [6, 6.07) is 7.29. The van der Waals surface area contributed by atoms with Crippen molar-refractivity contribution in [3.63, 3.8) is 0 Å². The molecule has 11 nitrogen and oxygen atoms in total. The van der Waals surface area contributed by atoms with Gasteiger partial charge in [-0.25, -0.2) is 18.1 Å². The van der Waals surface area contributed by atoms with Crippen LogP contribution in [0.4, 0.5) is 11.4 Å². The minimum atomic E-state index is -3.96. The molecule has 1 aromatic carbocycles. The number of methoxy groups -OCH3 is 2. The van der Waals surface area contributed by atoms with Crippen molar-refractivity contribution < 1.29 is 17.9 Å². The first kappa shape index (κ1) is 21.2. The first-order valence-corrected chi connectivity index (χ1v) is 11.7. The van der Waals surface area contributed by atoms with E-state index >= 15 is 0 Å². The van der Waals surface area contributed by atoms with Crippen LogP contribution in [0.25, 0.3) is 16.7 Å². The van der Waals surface area contributed by atoms with Crippen molar-refractivity contribution in [2.24, 2.45) is 7.05 Å². The van der Waals surface area contributed by atoms with E-state index in [9.17, 15) is 8.42 Å². The summed E-state index contributed by atoms with van der Waals surface area (Å²) in [5, 5.41) is 9.22. The molecule has 1 N–H and O–H groups in total. The number of ether oxygens (including phenoxy) is 2. The van der Waals surface area contributed by atoms with Crippen molar-refractivity contribution in [2.45, 2.75) is 11.0 Å². The fraction of sp³-hybridized carbons (Fsp3) is 0.286. The summed E-state index contributed by atoms with van der Waals surface area (Å²) in [7, 11) is 0.964. The molecule has 0 amide bonds. The second-order valence-electron chi connectivity index (χ2n) is 7.71. The minimum Gasteiger partial charge on any atom is -0.494 e. The molecular weight excluding hydrogens is 446 g/mol. The van der Waals surface area contributed by atoms with Gasteiger partial charge < -0.3 is 14.4 Å². The monoisotopic (exact) mass is 469 g/mol. The molecule has 0 saturated carbocycles. The minimum absolute atomic E-state index is 0.000625. The van der Waals surface area contributed by atoms with E-state index in [-0.39, 0.29) is 11.0 Å². The average Bonchev–Trinajstić information content (AvgIpc) is 3.42. The predicted octanol–water partition coefficient (Wildman–Crippen LogP) is 1.80.